The molecule has 0 bridgehead atoms. The second-order valence-electron chi connectivity index (χ2n) is 4.30. The maximum atomic E-state index is 10.9. The summed E-state index contributed by atoms with van der Waals surface area (Å²) in [6, 6.07) is 6.65. The SMILES string of the molecule is COc1cc(Nc2ccc(NC(C)=O)nn2)c(OC)cc1Cl. The Morgan fingerprint density at radius 3 is 2.27 bits per heavy atom. The van der Waals surface area contributed by atoms with Gasteiger partial charge in [0.2, 0.25) is 5.91 Å². The lowest BCUT2D eigenvalue weighted by molar-refractivity contribution is -0.114. The second kappa shape index (κ2) is 6.95. The first-order valence-corrected chi connectivity index (χ1v) is 6.71. The molecular weight excluding hydrogens is 308 g/mol. The molecule has 0 aliphatic heterocycles. The first-order chi connectivity index (χ1) is 10.5. The lowest BCUT2D eigenvalue weighted by Gasteiger charge is -2.13. The zero-order valence-electron chi connectivity index (χ0n) is 12.3. The van der Waals surface area contributed by atoms with E-state index in [-0.39, 0.29) is 5.91 Å². The number of hydrogen-bond donors (Lipinski definition) is 2. The second-order valence-corrected chi connectivity index (χ2v) is 4.70. The normalized spacial score (nSPS) is 10.0. The van der Waals surface area contributed by atoms with E-state index in [0.29, 0.717) is 33.8 Å². The van der Waals surface area contributed by atoms with Crippen molar-refractivity contribution in [2.24, 2.45) is 0 Å². The van der Waals surface area contributed by atoms with Crippen molar-refractivity contribution in [3.63, 3.8) is 0 Å². The van der Waals surface area contributed by atoms with Crippen molar-refractivity contribution in [3.8, 4) is 11.5 Å². The molecule has 1 aromatic heterocycles. The molecule has 1 heterocycles. The van der Waals surface area contributed by atoms with Crippen LogP contribution in [0.1, 0.15) is 6.92 Å². The molecule has 8 heteroatoms. The summed E-state index contributed by atoms with van der Waals surface area (Å²) in [7, 11) is 3.06. The van der Waals surface area contributed by atoms with Crippen LogP contribution in [0.3, 0.4) is 0 Å². The first kappa shape index (κ1) is 15.8. The fraction of sp³-hybridized carbons (Fsp3) is 0.214. The summed E-state index contributed by atoms with van der Waals surface area (Å²) in [4.78, 5) is 10.9. The number of nitrogens with one attached hydrogen (secondary N) is 2. The van der Waals surface area contributed by atoms with E-state index < -0.39 is 0 Å². The average Bonchev–Trinajstić information content (AvgIpc) is 2.50. The van der Waals surface area contributed by atoms with Gasteiger partial charge in [0.05, 0.1) is 24.9 Å². The Balaban J connectivity index is 2.24. The Hall–Kier alpha value is -2.54. The summed E-state index contributed by atoms with van der Waals surface area (Å²) in [5, 5.41) is 13.9. The number of aromatic nitrogens is 2. The highest BCUT2D eigenvalue weighted by Gasteiger charge is 2.11. The number of hydrogen-bond acceptors (Lipinski definition) is 6. The fourth-order valence-corrected chi connectivity index (χ4v) is 1.97. The molecule has 0 aliphatic carbocycles. The summed E-state index contributed by atoms with van der Waals surface area (Å²) in [6.45, 7) is 1.40. The van der Waals surface area contributed by atoms with Crippen LogP contribution in [0.25, 0.3) is 0 Å². The van der Waals surface area contributed by atoms with Gasteiger partial charge in [-0.1, -0.05) is 11.6 Å². The van der Waals surface area contributed by atoms with Gasteiger partial charge in [0.15, 0.2) is 11.6 Å². The molecule has 1 amide bonds. The minimum Gasteiger partial charge on any atom is -0.495 e. The monoisotopic (exact) mass is 322 g/mol. The summed E-state index contributed by atoms with van der Waals surface area (Å²) >= 11 is 6.05. The van der Waals surface area contributed by atoms with Crippen molar-refractivity contribution in [2.75, 3.05) is 24.9 Å². The number of halogens is 1. The molecule has 22 heavy (non-hydrogen) atoms. The molecular formula is C14H15ClN4O3. The molecule has 1 aromatic carbocycles. The zero-order valence-corrected chi connectivity index (χ0v) is 13.1. The molecule has 116 valence electrons. The van der Waals surface area contributed by atoms with E-state index in [1.54, 1.807) is 24.3 Å². The minimum atomic E-state index is -0.209. The maximum absolute atomic E-state index is 10.9. The van der Waals surface area contributed by atoms with Crippen LogP contribution in [0, 0.1) is 0 Å². The average molecular weight is 323 g/mol. The molecule has 0 unspecified atom stereocenters. The topological polar surface area (TPSA) is 85.4 Å². The standard InChI is InChI=1S/C14H15ClN4O3/c1-8(20)16-13-4-5-14(19-18-13)17-10-7-11(21-2)9(15)6-12(10)22-3/h4-7H,1-3H3,(H,17,19)(H,16,18,20). The number of anilines is 3. The van der Waals surface area contributed by atoms with Gasteiger partial charge in [0.1, 0.15) is 11.5 Å². The Morgan fingerprint density at radius 1 is 1.09 bits per heavy atom. The van der Waals surface area contributed by atoms with Crippen LogP contribution in [0.2, 0.25) is 5.02 Å². The quantitative estimate of drug-likeness (QED) is 0.880. The molecule has 0 fully saturated rings. The fourth-order valence-electron chi connectivity index (χ4n) is 1.74. The van der Waals surface area contributed by atoms with E-state index in [1.807, 2.05) is 0 Å². The maximum Gasteiger partial charge on any atom is 0.222 e. The van der Waals surface area contributed by atoms with Gasteiger partial charge >= 0.3 is 0 Å². The molecule has 0 saturated heterocycles. The van der Waals surface area contributed by atoms with Gasteiger partial charge in [0, 0.05) is 19.1 Å². The Bertz CT molecular complexity index is 677. The molecule has 0 saturated carbocycles. The first-order valence-electron chi connectivity index (χ1n) is 6.33. The van der Waals surface area contributed by atoms with Gasteiger partial charge in [0.25, 0.3) is 0 Å². The summed E-state index contributed by atoms with van der Waals surface area (Å²) in [5.41, 5.74) is 0.630. The minimum absolute atomic E-state index is 0.209. The predicted molar refractivity (Wildman–Crippen MR) is 84.2 cm³/mol. The van der Waals surface area contributed by atoms with Crippen molar-refractivity contribution in [1.29, 1.82) is 0 Å². The smallest absolute Gasteiger partial charge is 0.222 e. The van der Waals surface area contributed by atoms with Gasteiger partial charge in [-0.05, 0) is 12.1 Å². The molecule has 0 aliphatic rings. The van der Waals surface area contributed by atoms with Gasteiger partial charge in [-0.2, -0.15) is 0 Å². The van der Waals surface area contributed by atoms with Crippen molar-refractivity contribution in [1.82, 2.24) is 10.2 Å². The highest BCUT2D eigenvalue weighted by molar-refractivity contribution is 6.32. The highest BCUT2D eigenvalue weighted by Crippen LogP contribution is 2.36. The van der Waals surface area contributed by atoms with E-state index >= 15 is 0 Å². The molecule has 0 atom stereocenters. The number of carbonyl (C=O) groups excluding carboxylic acids is 1. The Morgan fingerprint density at radius 2 is 1.73 bits per heavy atom. The number of methoxy groups -OCH3 is 2. The third kappa shape index (κ3) is 3.76. The van der Waals surface area contributed by atoms with Crippen LogP contribution in [-0.4, -0.2) is 30.3 Å². The van der Waals surface area contributed by atoms with Crippen molar-refractivity contribution < 1.29 is 14.3 Å². The molecule has 0 spiro atoms. The lowest BCUT2D eigenvalue weighted by atomic mass is 10.2. The van der Waals surface area contributed by atoms with Crippen LogP contribution in [0.15, 0.2) is 24.3 Å². The number of amides is 1. The van der Waals surface area contributed by atoms with Crippen LogP contribution >= 0.6 is 11.6 Å². The Kier molecular flexibility index (Phi) is 5.00. The van der Waals surface area contributed by atoms with Crippen molar-refractivity contribution >= 4 is 34.8 Å². The lowest BCUT2D eigenvalue weighted by Crippen LogP contribution is -2.08. The number of ether oxygens (including phenoxy) is 2. The van der Waals surface area contributed by atoms with E-state index in [1.165, 1.54) is 21.1 Å². The molecule has 2 N–H and O–H groups in total. The predicted octanol–water partition coefficient (Wildman–Crippen LogP) is 2.85. The van der Waals surface area contributed by atoms with E-state index in [4.69, 9.17) is 21.1 Å². The van der Waals surface area contributed by atoms with Crippen LogP contribution in [-0.2, 0) is 4.79 Å². The summed E-state index contributed by atoms with van der Waals surface area (Å²) in [6.07, 6.45) is 0. The Labute approximate surface area is 132 Å². The van der Waals surface area contributed by atoms with E-state index in [9.17, 15) is 4.79 Å². The third-order valence-corrected chi connectivity index (χ3v) is 3.00. The van der Waals surface area contributed by atoms with Gasteiger partial charge < -0.3 is 20.1 Å². The zero-order chi connectivity index (χ0) is 16.1. The van der Waals surface area contributed by atoms with Crippen LogP contribution in [0.5, 0.6) is 11.5 Å². The van der Waals surface area contributed by atoms with Gasteiger partial charge in [-0.3, -0.25) is 4.79 Å². The molecule has 0 radical (unpaired) electrons. The number of benzene rings is 1. The summed E-state index contributed by atoms with van der Waals surface area (Å²) in [5.74, 6) is 1.70. The van der Waals surface area contributed by atoms with E-state index in [0.717, 1.165) is 0 Å². The van der Waals surface area contributed by atoms with Crippen molar-refractivity contribution in [3.05, 3.63) is 29.3 Å². The van der Waals surface area contributed by atoms with Crippen LogP contribution in [0.4, 0.5) is 17.3 Å². The highest BCUT2D eigenvalue weighted by atomic mass is 35.5. The summed E-state index contributed by atoms with van der Waals surface area (Å²) < 4.78 is 10.4. The number of nitrogens with zero attached hydrogens (tertiary/aromatic N) is 2. The number of rotatable bonds is 5. The third-order valence-electron chi connectivity index (χ3n) is 2.71. The van der Waals surface area contributed by atoms with Crippen LogP contribution < -0.4 is 20.1 Å². The molecule has 2 rings (SSSR count). The van der Waals surface area contributed by atoms with Gasteiger partial charge in [-0.25, -0.2) is 0 Å². The van der Waals surface area contributed by atoms with E-state index in [2.05, 4.69) is 20.8 Å². The number of carbonyl (C=O) groups is 1. The molecule has 7 nitrogen and oxygen atoms in total. The van der Waals surface area contributed by atoms with Gasteiger partial charge in [-0.15, -0.1) is 10.2 Å². The largest absolute Gasteiger partial charge is 0.495 e. The molecule has 2 aromatic rings. The van der Waals surface area contributed by atoms with Crippen molar-refractivity contribution in [2.45, 2.75) is 6.92 Å².